The van der Waals surface area contributed by atoms with Gasteiger partial charge in [-0.2, -0.15) is 0 Å². The van der Waals surface area contributed by atoms with Crippen molar-refractivity contribution in [2.75, 3.05) is 0 Å². The lowest BCUT2D eigenvalue weighted by atomic mass is 9.99. The number of halogens is 1. The van der Waals surface area contributed by atoms with Crippen molar-refractivity contribution in [3.63, 3.8) is 0 Å². The Balaban J connectivity index is 1.76. The standard InChI is InChI=1S/C20H23Br/c1-2-3-5-15-8-10-17(11-9-15)20(21)19-13-12-16-6-4-7-18(16)14-19/h8-14,20H,2-7H2,1H3. The summed E-state index contributed by atoms with van der Waals surface area (Å²) in [7, 11) is 0. The Bertz CT molecular complexity index is 598. The summed E-state index contributed by atoms with van der Waals surface area (Å²) in [4.78, 5) is 0.309. The molecule has 0 heterocycles. The van der Waals surface area contributed by atoms with Crippen molar-refractivity contribution >= 4 is 15.9 Å². The lowest BCUT2D eigenvalue weighted by Gasteiger charge is -2.13. The summed E-state index contributed by atoms with van der Waals surface area (Å²) < 4.78 is 0. The van der Waals surface area contributed by atoms with Crippen molar-refractivity contribution < 1.29 is 0 Å². The van der Waals surface area contributed by atoms with E-state index in [1.54, 1.807) is 11.1 Å². The highest BCUT2D eigenvalue weighted by atomic mass is 79.9. The van der Waals surface area contributed by atoms with E-state index in [0.29, 0.717) is 4.83 Å². The van der Waals surface area contributed by atoms with Crippen molar-refractivity contribution in [2.45, 2.75) is 50.3 Å². The molecule has 0 fully saturated rings. The van der Waals surface area contributed by atoms with Gasteiger partial charge in [0.05, 0.1) is 4.83 Å². The fourth-order valence-electron chi connectivity index (χ4n) is 3.18. The second-order valence-corrected chi connectivity index (χ2v) is 7.01. The molecule has 3 rings (SSSR count). The van der Waals surface area contributed by atoms with Crippen molar-refractivity contribution in [3.8, 4) is 0 Å². The van der Waals surface area contributed by atoms with Crippen LogP contribution in [0.25, 0.3) is 0 Å². The first-order chi connectivity index (χ1) is 10.3. The second-order valence-electron chi connectivity index (χ2n) is 6.09. The molecule has 0 aliphatic heterocycles. The van der Waals surface area contributed by atoms with Gasteiger partial charge in [-0.1, -0.05) is 71.7 Å². The average molecular weight is 343 g/mol. The van der Waals surface area contributed by atoms with Gasteiger partial charge in [0.1, 0.15) is 0 Å². The summed E-state index contributed by atoms with van der Waals surface area (Å²) in [5, 5.41) is 0. The number of unbranched alkanes of at least 4 members (excludes halogenated alkanes) is 1. The Kier molecular flexibility index (Phi) is 4.80. The monoisotopic (exact) mass is 342 g/mol. The van der Waals surface area contributed by atoms with E-state index in [1.807, 2.05) is 0 Å². The van der Waals surface area contributed by atoms with E-state index >= 15 is 0 Å². The molecule has 1 unspecified atom stereocenters. The van der Waals surface area contributed by atoms with E-state index in [9.17, 15) is 0 Å². The fraction of sp³-hybridized carbons (Fsp3) is 0.400. The van der Waals surface area contributed by atoms with Crippen LogP contribution in [-0.4, -0.2) is 0 Å². The normalized spacial score (nSPS) is 15.0. The number of aryl methyl sites for hydroxylation is 3. The summed E-state index contributed by atoms with van der Waals surface area (Å²) in [5.41, 5.74) is 7.30. The molecule has 1 atom stereocenters. The summed E-state index contributed by atoms with van der Waals surface area (Å²) in [6, 6.07) is 16.1. The molecule has 21 heavy (non-hydrogen) atoms. The maximum Gasteiger partial charge on any atom is 0.0644 e. The SMILES string of the molecule is CCCCc1ccc(C(Br)c2ccc3c(c2)CCC3)cc1. The van der Waals surface area contributed by atoms with Gasteiger partial charge < -0.3 is 0 Å². The minimum Gasteiger partial charge on any atom is -0.0786 e. The van der Waals surface area contributed by atoms with E-state index in [-0.39, 0.29) is 0 Å². The van der Waals surface area contributed by atoms with Gasteiger partial charge in [0.15, 0.2) is 0 Å². The maximum absolute atomic E-state index is 3.88. The summed E-state index contributed by atoms with van der Waals surface area (Å²) >= 11 is 3.88. The van der Waals surface area contributed by atoms with E-state index in [4.69, 9.17) is 0 Å². The Hall–Kier alpha value is -1.08. The van der Waals surface area contributed by atoms with E-state index in [1.165, 1.54) is 55.2 Å². The Labute approximate surface area is 136 Å². The topological polar surface area (TPSA) is 0 Å². The van der Waals surface area contributed by atoms with Crippen molar-refractivity contribution in [1.82, 2.24) is 0 Å². The molecule has 110 valence electrons. The smallest absolute Gasteiger partial charge is 0.0644 e. The minimum atomic E-state index is 0.309. The van der Waals surface area contributed by atoms with Gasteiger partial charge in [-0.3, -0.25) is 0 Å². The van der Waals surface area contributed by atoms with Crippen LogP contribution in [0.2, 0.25) is 0 Å². The number of alkyl halides is 1. The van der Waals surface area contributed by atoms with Crippen LogP contribution in [-0.2, 0) is 19.3 Å². The van der Waals surface area contributed by atoms with Crippen LogP contribution in [0.5, 0.6) is 0 Å². The number of fused-ring (bicyclic) bond motifs is 1. The van der Waals surface area contributed by atoms with Crippen LogP contribution in [0, 0.1) is 0 Å². The van der Waals surface area contributed by atoms with Crippen molar-refractivity contribution in [1.29, 1.82) is 0 Å². The van der Waals surface area contributed by atoms with Crippen molar-refractivity contribution in [3.05, 3.63) is 70.3 Å². The molecule has 1 aliphatic rings. The molecular formula is C20H23Br. The Morgan fingerprint density at radius 1 is 0.952 bits per heavy atom. The van der Waals surface area contributed by atoms with Crippen LogP contribution >= 0.6 is 15.9 Å². The van der Waals surface area contributed by atoms with E-state index in [2.05, 4.69) is 65.3 Å². The van der Waals surface area contributed by atoms with E-state index < -0.39 is 0 Å². The summed E-state index contributed by atoms with van der Waals surface area (Å²) in [5.74, 6) is 0. The van der Waals surface area contributed by atoms with Gasteiger partial charge in [-0.15, -0.1) is 0 Å². The highest BCUT2D eigenvalue weighted by Gasteiger charge is 2.15. The second kappa shape index (κ2) is 6.79. The molecular weight excluding hydrogens is 320 g/mol. The molecule has 0 saturated carbocycles. The van der Waals surface area contributed by atoms with Gasteiger partial charge in [-0.05, 0) is 59.9 Å². The first kappa shape index (κ1) is 14.8. The molecule has 0 N–H and O–H groups in total. The average Bonchev–Trinajstić information content (AvgIpc) is 3.00. The zero-order valence-corrected chi connectivity index (χ0v) is 14.3. The molecule has 2 aromatic carbocycles. The minimum absolute atomic E-state index is 0.309. The zero-order chi connectivity index (χ0) is 14.7. The third-order valence-electron chi connectivity index (χ3n) is 4.51. The molecule has 1 heteroatoms. The molecule has 0 bridgehead atoms. The number of benzene rings is 2. The van der Waals surface area contributed by atoms with Gasteiger partial charge in [0.2, 0.25) is 0 Å². The predicted octanol–water partition coefficient (Wildman–Crippen LogP) is 6.00. The Morgan fingerprint density at radius 2 is 1.67 bits per heavy atom. The van der Waals surface area contributed by atoms with E-state index in [0.717, 1.165) is 0 Å². The lowest BCUT2D eigenvalue weighted by Crippen LogP contribution is -1.95. The molecule has 1 aliphatic carbocycles. The summed E-state index contributed by atoms with van der Waals surface area (Å²) in [6.07, 6.45) is 7.56. The largest absolute Gasteiger partial charge is 0.0786 e. The third-order valence-corrected chi connectivity index (χ3v) is 5.56. The van der Waals surface area contributed by atoms with Crippen molar-refractivity contribution in [2.24, 2.45) is 0 Å². The highest BCUT2D eigenvalue weighted by molar-refractivity contribution is 9.09. The molecule has 0 aromatic heterocycles. The van der Waals surface area contributed by atoms with Crippen LogP contribution in [0.1, 0.15) is 58.8 Å². The van der Waals surface area contributed by atoms with Gasteiger partial charge in [0.25, 0.3) is 0 Å². The zero-order valence-electron chi connectivity index (χ0n) is 12.7. The quantitative estimate of drug-likeness (QED) is 0.584. The first-order valence-corrected chi connectivity index (χ1v) is 9.04. The van der Waals surface area contributed by atoms with Crippen LogP contribution in [0.3, 0.4) is 0 Å². The fourth-order valence-corrected chi connectivity index (χ4v) is 3.77. The molecule has 0 saturated heterocycles. The van der Waals surface area contributed by atoms with Crippen LogP contribution in [0.4, 0.5) is 0 Å². The molecule has 0 spiro atoms. The van der Waals surface area contributed by atoms with Gasteiger partial charge in [-0.25, -0.2) is 0 Å². The third kappa shape index (κ3) is 3.40. The van der Waals surface area contributed by atoms with Gasteiger partial charge in [0, 0.05) is 0 Å². The Morgan fingerprint density at radius 3 is 2.43 bits per heavy atom. The lowest BCUT2D eigenvalue weighted by molar-refractivity contribution is 0.795. The maximum atomic E-state index is 3.88. The highest BCUT2D eigenvalue weighted by Crippen LogP contribution is 2.34. The molecule has 0 radical (unpaired) electrons. The summed E-state index contributed by atoms with van der Waals surface area (Å²) in [6.45, 7) is 2.25. The van der Waals surface area contributed by atoms with Gasteiger partial charge >= 0.3 is 0 Å². The molecule has 0 amide bonds. The number of rotatable bonds is 5. The predicted molar refractivity (Wildman–Crippen MR) is 94.3 cm³/mol. The van der Waals surface area contributed by atoms with Crippen LogP contribution < -0.4 is 0 Å². The molecule has 2 aromatic rings. The first-order valence-electron chi connectivity index (χ1n) is 8.12. The number of hydrogen-bond acceptors (Lipinski definition) is 0. The molecule has 0 nitrogen and oxygen atoms in total. The number of hydrogen-bond donors (Lipinski definition) is 0. The van der Waals surface area contributed by atoms with Crippen LogP contribution in [0.15, 0.2) is 42.5 Å².